The minimum absolute atomic E-state index is 0.0639. The molecule has 0 spiro atoms. The molecule has 2 heterocycles. The zero-order valence-corrected chi connectivity index (χ0v) is 19.2. The molecule has 0 bridgehead atoms. The molecule has 0 aliphatic heterocycles. The number of rotatable bonds is 10. The van der Waals surface area contributed by atoms with Crippen LogP contribution >= 0.6 is 0 Å². The van der Waals surface area contributed by atoms with Crippen molar-refractivity contribution in [2.45, 2.75) is 17.5 Å². The predicted octanol–water partition coefficient (Wildman–Crippen LogP) is 2.61. The Morgan fingerprint density at radius 3 is 2.66 bits per heavy atom. The highest BCUT2D eigenvalue weighted by Gasteiger charge is 2.24. The maximum atomic E-state index is 13.3. The average Bonchev–Trinajstić information content (AvgIpc) is 3.20. The molecule has 1 atom stereocenters. The number of nitrogens with one attached hydrogen (secondary N) is 1. The Morgan fingerprint density at radius 1 is 1.23 bits per heavy atom. The third kappa shape index (κ3) is 6.11. The molecule has 1 unspecified atom stereocenters. The molecule has 2 aromatic heterocycles. The Balaban J connectivity index is 1.99. The van der Waals surface area contributed by atoms with Gasteiger partial charge in [0.05, 0.1) is 54.0 Å². The van der Waals surface area contributed by atoms with Gasteiger partial charge in [-0.2, -0.15) is 8.78 Å². The van der Waals surface area contributed by atoms with Crippen LogP contribution in [0.2, 0.25) is 0 Å². The third-order valence-electron chi connectivity index (χ3n) is 4.46. The SMILES string of the molecule is COc1ccnc(CS(=O)c2nc3cc(OC(F)F)ccc3n2C(=O)NCCOC(=O)O)c1OC. The Bertz CT molecular complexity index is 1250. The van der Waals surface area contributed by atoms with E-state index in [4.69, 9.17) is 14.6 Å². The van der Waals surface area contributed by atoms with Gasteiger partial charge in [-0.1, -0.05) is 0 Å². The van der Waals surface area contributed by atoms with Crippen molar-refractivity contribution in [1.82, 2.24) is 19.9 Å². The summed E-state index contributed by atoms with van der Waals surface area (Å²) in [5.74, 6) is 0.169. The van der Waals surface area contributed by atoms with Crippen molar-refractivity contribution in [3.63, 3.8) is 0 Å². The second-order valence-electron chi connectivity index (χ2n) is 6.59. The van der Waals surface area contributed by atoms with Gasteiger partial charge in [-0.15, -0.1) is 0 Å². The number of carbonyl (C=O) groups excluding carboxylic acids is 1. The van der Waals surface area contributed by atoms with E-state index in [1.165, 1.54) is 38.6 Å². The van der Waals surface area contributed by atoms with Crippen LogP contribution in [-0.4, -0.2) is 70.0 Å². The summed E-state index contributed by atoms with van der Waals surface area (Å²) < 4.78 is 58.8. The van der Waals surface area contributed by atoms with E-state index in [0.29, 0.717) is 5.75 Å². The van der Waals surface area contributed by atoms with E-state index in [-0.39, 0.29) is 52.3 Å². The van der Waals surface area contributed by atoms with Crippen molar-refractivity contribution in [2.24, 2.45) is 0 Å². The van der Waals surface area contributed by atoms with Gasteiger partial charge in [0, 0.05) is 18.3 Å². The number of methoxy groups -OCH3 is 2. The number of imidazole rings is 1. The summed E-state index contributed by atoms with van der Waals surface area (Å²) in [5, 5.41) is 10.8. The first-order chi connectivity index (χ1) is 16.7. The number of hydrogen-bond acceptors (Lipinski definition) is 9. The minimum atomic E-state index is -3.08. The van der Waals surface area contributed by atoms with E-state index in [1.807, 2.05) is 0 Å². The number of pyridine rings is 1. The summed E-state index contributed by atoms with van der Waals surface area (Å²) >= 11 is 0. The summed E-state index contributed by atoms with van der Waals surface area (Å²) in [7, 11) is 0.839. The second kappa shape index (κ2) is 11.4. The maximum Gasteiger partial charge on any atom is 0.505 e. The zero-order chi connectivity index (χ0) is 25.5. The monoisotopic (exact) mass is 514 g/mol. The molecule has 0 aliphatic carbocycles. The molecule has 3 rings (SSSR count). The van der Waals surface area contributed by atoms with Crippen LogP contribution in [0.5, 0.6) is 17.2 Å². The van der Waals surface area contributed by atoms with E-state index >= 15 is 0 Å². The molecule has 15 heteroatoms. The van der Waals surface area contributed by atoms with Crippen molar-refractivity contribution < 1.29 is 46.6 Å². The van der Waals surface area contributed by atoms with E-state index in [0.717, 1.165) is 4.57 Å². The van der Waals surface area contributed by atoms with Crippen LogP contribution < -0.4 is 19.5 Å². The molecule has 2 N–H and O–H groups in total. The first-order valence-corrected chi connectivity index (χ1v) is 11.1. The molecule has 0 fully saturated rings. The predicted molar refractivity (Wildman–Crippen MR) is 117 cm³/mol. The number of ether oxygens (including phenoxy) is 4. The van der Waals surface area contributed by atoms with Gasteiger partial charge in [0.25, 0.3) is 0 Å². The molecule has 12 nitrogen and oxygen atoms in total. The zero-order valence-electron chi connectivity index (χ0n) is 18.4. The molecule has 35 heavy (non-hydrogen) atoms. The summed E-state index contributed by atoms with van der Waals surface area (Å²) in [4.78, 5) is 31.8. The fourth-order valence-corrected chi connectivity index (χ4v) is 4.25. The molecule has 3 aromatic rings. The molecular weight excluding hydrogens is 494 g/mol. The lowest BCUT2D eigenvalue weighted by Gasteiger charge is -2.12. The number of benzene rings is 1. The third-order valence-corrected chi connectivity index (χ3v) is 5.68. The first kappa shape index (κ1) is 25.6. The van der Waals surface area contributed by atoms with Crippen molar-refractivity contribution in [3.05, 3.63) is 36.2 Å². The largest absolute Gasteiger partial charge is 0.505 e. The maximum absolute atomic E-state index is 13.3. The van der Waals surface area contributed by atoms with Crippen LogP contribution in [0.4, 0.5) is 18.4 Å². The normalized spacial score (nSPS) is 11.8. The molecule has 1 amide bonds. The highest BCUT2D eigenvalue weighted by atomic mass is 32.2. The molecular formula is C20H20F2N4O8S. The quantitative estimate of drug-likeness (QED) is 0.305. The van der Waals surface area contributed by atoms with Crippen LogP contribution in [0, 0.1) is 0 Å². The van der Waals surface area contributed by atoms with E-state index < -0.39 is 29.6 Å². The number of carbonyl (C=O) groups is 2. The molecule has 0 saturated carbocycles. The molecule has 1 aromatic carbocycles. The van der Waals surface area contributed by atoms with Gasteiger partial charge in [0.15, 0.2) is 11.5 Å². The lowest BCUT2D eigenvalue weighted by Crippen LogP contribution is -2.33. The standard InChI is InChI=1S/C20H20F2N4O8S/c1-31-15-5-6-23-13(16(15)32-2)10-35(30)19-25-12-9-11(34-17(21)22)3-4-14(12)26(19)18(27)24-7-8-33-20(28)29/h3-6,9,17H,7-8,10H2,1-2H3,(H,24,27)(H,28,29). The number of nitrogens with zero attached hydrogens (tertiary/aromatic N) is 3. The molecule has 188 valence electrons. The van der Waals surface area contributed by atoms with E-state index in [1.54, 1.807) is 6.07 Å². The highest BCUT2D eigenvalue weighted by molar-refractivity contribution is 7.84. The molecule has 0 aliphatic rings. The van der Waals surface area contributed by atoms with Gasteiger partial charge in [-0.25, -0.2) is 19.1 Å². The van der Waals surface area contributed by atoms with Crippen LogP contribution in [0.3, 0.4) is 0 Å². The van der Waals surface area contributed by atoms with Crippen molar-refractivity contribution >= 4 is 34.0 Å². The van der Waals surface area contributed by atoms with Gasteiger partial charge in [0.1, 0.15) is 12.4 Å². The second-order valence-corrected chi connectivity index (χ2v) is 7.93. The number of carboxylic acid groups (broad SMARTS) is 1. The summed E-state index contributed by atoms with van der Waals surface area (Å²) in [5.41, 5.74) is 0.479. The van der Waals surface area contributed by atoms with Gasteiger partial charge in [0.2, 0.25) is 5.16 Å². The summed E-state index contributed by atoms with van der Waals surface area (Å²) in [6.45, 7) is -3.59. The lowest BCUT2D eigenvalue weighted by atomic mass is 10.3. The van der Waals surface area contributed by atoms with Gasteiger partial charge in [-0.3, -0.25) is 9.19 Å². The van der Waals surface area contributed by atoms with E-state index in [9.17, 15) is 22.6 Å². The number of hydrogen-bond donors (Lipinski definition) is 2. The van der Waals surface area contributed by atoms with E-state index in [2.05, 4.69) is 24.8 Å². The Morgan fingerprint density at radius 2 is 2.00 bits per heavy atom. The topological polar surface area (TPSA) is 151 Å². The first-order valence-electron chi connectivity index (χ1n) is 9.80. The fourth-order valence-electron chi connectivity index (χ4n) is 3.08. The molecule has 0 saturated heterocycles. The number of fused-ring (bicyclic) bond motifs is 1. The van der Waals surface area contributed by atoms with Gasteiger partial charge in [-0.05, 0) is 12.1 Å². The van der Waals surface area contributed by atoms with Crippen molar-refractivity contribution in [3.8, 4) is 17.2 Å². The Hall–Kier alpha value is -4.01. The smallest absolute Gasteiger partial charge is 0.493 e. The van der Waals surface area contributed by atoms with Crippen molar-refractivity contribution in [1.29, 1.82) is 0 Å². The number of halogens is 2. The van der Waals surface area contributed by atoms with Crippen LogP contribution in [0.25, 0.3) is 11.0 Å². The van der Waals surface area contributed by atoms with Crippen molar-refractivity contribution in [2.75, 3.05) is 27.4 Å². The number of amides is 1. The number of aromatic nitrogens is 3. The minimum Gasteiger partial charge on any atom is -0.493 e. The molecule has 0 radical (unpaired) electrons. The summed E-state index contributed by atoms with van der Waals surface area (Å²) in [6, 6.07) is 4.44. The number of alkyl halides is 2. The lowest BCUT2D eigenvalue weighted by molar-refractivity contribution is -0.0497. The summed E-state index contributed by atoms with van der Waals surface area (Å²) in [6.07, 6.45) is -0.0830. The Kier molecular flexibility index (Phi) is 8.35. The van der Waals surface area contributed by atoms with Crippen LogP contribution in [-0.2, 0) is 21.3 Å². The fraction of sp³-hybridized carbons (Fsp3) is 0.300. The van der Waals surface area contributed by atoms with Crippen LogP contribution in [0.1, 0.15) is 5.69 Å². The van der Waals surface area contributed by atoms with Crippen LogP contribution in [0.15, 0.2) is 35.6 Å². The average molecular weight is 514 g/mol. The highest BCUT2D eigenvalue weighted by Crippen LogP contribution is 2.31. The Labute approximate surface area is 199 Å². The van der Waals surface area contributed by atoms with Gasteiger partial charge >= 0.3 is 18.8 Å². The van der Waals surface area contributed by atoms with Gasteiger partial charge < -0.3 is 29.4 Å².